The number of nitrogens with zero attached hydrogens (tertiary/aromatic N) is 2. The topological polar surface area (TPSA) is 105 Å². The minimum absolute atomic E-state index is 0.0333. The van der Waals surface area contributed by atoms with Gasteiger partial charge in [-0.25, -0.2) is 4.98 Å². The number of aromatic nitrogens is 2. The van der Waals surface area contributed by atoms with Gasteiger partial charge < -0.3 is 14.5 Å². The summed E-state index contributed by atoms with van der Waals surface area (Å²) in [5, 5.41) is 9.51. The molecule has 0 saturated carbocycles. The molecule has 1 heterocycles. The lowest BCUT2D eigenvalue weighted by Crippen LogP contribution is -2.17. The maximum absolute atomic E-state index is 12.2. The fourth-order valence-corrected chi connectivity index (χ4v) is 3.09. The summed E-state index contributed by atoms with van der Waals surface area (Å²) in [6, 6.07) is 20.0. The maximum Gasteiger partial charge on any atom is 0.316 e. The van der Waals surface area contributed by atoms with Crippen LogP contribution in [0.25, 0.3) is 11.3 Å². The molecule has 0 aliphatic carbocycles. The molecule has 146 valence electrons. The Morgan fingerprint density at radius 3 is 2.45 bits per heavy atom. The summed E-state index contributed by atoms with van der Waals surface area (Å²) in [4.78, 5) is 31.0. The Balaban J connectivity index is 1.56. The van der Waals surface area contributed by atoms with Gasteiger partial charge in [-0.3, -0.25) is 9.59 Å². The summed E-state index contributed by atoms with van der Waals surface area (Å²) in [6.07, 6.45) is 0. The number of hydrogen-bond donors (Lipinski definition) is 1. The SMILES string of the molecule is N#Cc1c(-c2ccccc2)nc(SCC(=O)OCCOc2ccccc2)[nH]c1=O. The number of thioether (sulfide) groups is 1. The number of nitriles is 1. The summed E-state index contributed by atoms with van der Waals surface area (Å²) < 4.78 is 10.6. The van der Waals surface area contributed by atoms with Crippen molar-refractivity contribution < 1.29 is 14.3 Å². The van der Waals surface area contributed by atoms with E-state index in [1.165, 1.54) is 0 Å². The maximum atomic E-state index is 12.2. The minimum Gasteiger partial charge on any atom is -0.490 e. The van der Waals surface area contributed by atoms with Gasteiger partial charge in [-0.15, -0.1) is 0 Å². The van der Waals surface area contributed by atoms with E-state index in [0.717, 1.165) is 11.8 Å². The van der Waals surface area contributed by atoms with Gasteiger partial charge in [-0.2, -0.15) is 5.26 Å². The summed E-state index contributed by atoms with van der Waals surface area (Å²) >= 11 is 1.03. The van der Waals surface area contributed by atoms with Gasteiger partial charge in [-0.1, -0.05) is 60.3 Å². The van der Waals surface area contributed by atoms with Gasteiger partial charge in [0.2, 0.25) is 0 Å². The third kappa shape index (κ3) is 5.70. The Morgan fingerprint density at radius 2 is 1.76 bits per heavy atom. The van der Waals surface area contributed by atoms with Gasteiger partial charge >= 0.3 is 5.97 Å². The van der Waals surface area contributed by atoms with E-state index in [1.807, 2.05) is 42.5 Å². The van der Waals surface area contributed by atoms with Crippen molar-refractivity contribution in [1.82, 2.24) is 9.97 Å². The van der Waals surface area contributed by atoms with E-state index in [1.54, 1.807) is 24.3 Å². The first-order valence-corrected chi connectivity index (χ1v) is 9.72. The summed E-state index contributed by atoms with van der Waals surface area (Å²) in [7, 11) is 0. The van der Waals surface area contributed by atoms with Crippen molar-refractivity contribution in [3.05, 3.63) is 76.6 Å². The quantitative estimate of drug-likeness (QED) is 0.265. The molecule has 0 aliphatic heterocycles. The Kier molecular flexibility index (Phi) is 7.03. The summed E-state index contributed by atoms with van der Waals surface area (Å²) in [5.41, 5.74) is 0.316. The second-order valence-electron chi connectivity index (χ2n) is 5.74. The molecule has 0 atom stereocenters. The number of carbonyl (C=O) groups is 1. The van der Waals surface area contributed by atoms with E-state index in [9.17, 15) is 14.9 Å². The molecule has 0 saturated heterocycles. The second-order valence-corrected chi connectivity index (χ2v) is 6.71. The van der Waals surface area contributed by atoms with Gasteiger partial charge in [0.1, 0.15) is 30.6 Å². The molecule has 0 amide bonds. The number of ether oxygens (including phenoxy) is 2. The molecule has 3 aromatic rings. The molecule has 2 aromatic carbocycles. The van der Waals surface area contributed by atoms with E-state index in [2.05, 4.69) is 9.97 Å². The average Bonchev–Trinajstić information content (AvgIpc) is 2.76. The molecular formula is C21H17N3O4S. The van der Waals surface area contributed by atoms with Crippen LogP contribution >= 0.6 is 11.8 Å². The van der Waals surface area contributed by atoms with Crippen molar-refractivity contribution in [3.63, 3.8) is 0 Å². The monoisotopic (exact) mass is 407 g/mol. The Hall–Kier alpha value is -3.57. The van der Waals surface area contributed by atoms with Gasteiger partial charge in [0.25, 0.3) is 5.56 Å². The molecule has 0 bridgehead atoms. The molecule has 8 heteroatoms. The predicted molar refractivity (Wildman–Crippen MR) is 109 cm³/mol. The van der Waals surface area contributed by atoms with Crippen LogP contribution in [0.3, 0.4) is 0 Å². The lowest BCUT2D eigenvalue weighted by molar-refractivity contribution is -0.141. The molecule has 0 aliphatic rings. The predicted octanol–water partition coefficient (Wildman–Crippen LogP) is 3.02. The molecule has 0 radical (unpaired) electrons. The number of esters is 1. The van der Waals surface area contributed by atoms with Crippen LogP contribution in [-0.2, 0) is 9.53 Å². The summed E-state index contributed by atoms with van der Waals surface area (Å²) in [5.74, 6) is 0.208. The van der Waals surface area contributed by atoms with E-state index in [-0.39, 0.29) is 35.4 Å². The highest BCUT2D eigenvalue weighted by Gasteiger charge is 2.14. The Labute approximate surface area is 171 Å². The van der Waals surface area contributed by atoms with E-state index in [0.29, 0.717) is 11.3 Å². The number of nitrogens with one attached hydrogen (secondary N) is 1. The first-order chi connectivity index (χ1) is 14.2. The highest BCUT2D eigenvalue weighted by atomic mass is 32.2. The number of hydrogen-bond acceptors (Lipinski definition) is 7. The van der Waals surface area contributed by atoms with Crippen molar-refractivity contribution >= 4 is 17.7 Å². The largest absolute Gasteiger partial charge is 0.490 e. The van der Waals surface area contributed by atoms with Crippen LogP contribution in [0, 0.1) is 11.3 Å². The average molecular weight is 407 g/mol. The van der Waals surface area contributed by atoms with Crippen molar-refractivity contribution in [2.75, 3.05) is 19.0 Å². The molecule has 7 nitrogen and oxygen atoms in total. The lowest BCUT2D eigenvalue weighted by Gasteiger charge is -2.08. The molecular weight excluding hydrogens is 390 g/mol. The van der Waals surface area contributed by atoms with Crippen LogP contribution in [0.1, 0.15) is 5.56 Å². The third-order valence-electron chi connectivity index (χ3n) is 3.74. The van der Waals surface area contributed by atoms with E-state index in [4.69, 9.17) is 9.47 Å². The van der Waals surface area contributed by atoms with Crippen LogP contribution in [0.4, 0.5) is 0 Å². The number of carbonyl (C=O) groups excluding carboxylic acids is 1. The van der Waals surface area contributed by atoms with Crippen LogP contribution in [-0.4, -0.2) is 34.9 Å². The lowest BCUT2D eigenvalue weighted by atomic mass is 10.1. The van der Waals surface area contributed by atoms with Crippen molar-refractivity contribution in [2.24, 2.45) is 0 Å². The highest BCUT2D eigenvalue weighted by Crippen LogP contribution is 2.21. The number of benzene rings is 2. The van der Waals surface area contributed by atoms with Crippen LogP contribution in [0.15, 0.2) is 70.6 Å². The first kappa shape index (κ1) is 20.2. The molecule has 0 fully saturated rings. The molecule has 1 N–H and O–H groups in total. The smallest absolute Gasteiger partial charge is 0.316 e. The highest BCUT2D eigenvalue weighted by molar-refractivity contribution is 7.99. The van der Waals surface area contributed by atoms with Gasteiger partial charge in [-0.05, 0) is 12.1 Å². The molecule has 0 spiro atoms. The third-order valence-corrected chi connectivity index (χ3v) is 4.59. The van der Waals surface area contributed by atoms with E-state index >= 15 is 0 Å². The second kappa shape index (κ2) is 10.1. The zero-order valence-electron chi connectivity index (χ0n) is 15.3. The van der Waals surface area contributed by atoms with Gasteiger partial charge in [0.15, 0.2) is 5.16 Å². The molecule has 1 aromatic heterocycles. The fourth-order valence-electron chi connectivity index (χ4n) is 2.43. The Morgan fingerprint density at radius 1 is 1.07 bits per heavy atom. The zero-order chi connectivity index (χ0) is 20.5. The number of H-pyrrole nitrogens is 1. The fraction of sp³-hybridized carbons (Fsp3) is 0.143. The normalized spacial score (nSPS) is 10.2. The van der Waals surface area contributed by atoms with Crippen LogP contribution in [0.5, 0.6) is 5.75 Å². The van der Waals surface area contributed by atoms with Crippen molar-refractivity contribution in [1.29, 1.82) is 5.26 Å². The number of para-hydroxylation sites is 1. The molecule has 3 rings (SSSR count). The van der Waals surface area contributed by atoms with Gasteiger partial charge in [0.05, 0.1) is 11.4 Å². The molecule has 29 heavy (non-hydrogen) atoms. The zero-order valence-corrected chi connectivity index (χ0v) is 16.1. The number of rotatable bonds is 8. The first-order valence-electron chi connectivity index (χ1n) is 8.73. The van der Waals surface area contributed by atoms with Crippen LogP contribution in [0.2, 0.25) is 0 Å². The summed E-state index contributed by atoms with van der Waals surface area (Å²) in [6.45, 7) is 0.353. The van der Waals surface area contributed by atoms with E-state index < -0.39 is 11.5 Å². The number of aromatic amines is 1. The minimum atomic E-state index is -0.548. The van der Waals surface area contributed by atoms with Gasteiger partial charge in [0, 0.05) is 5.56 Å². The Bertz CT molecular complexity index is 1060. The van der Waals surface area contributed by atoms with Crippen molar-refractivity contribution in [2.45, 2.75) is 5.16 Å². The molecule has 0 unspecified atom stereocenters. The van der Waals surface area contributed by atoms with Crippen molar-refractivity contribution in [3.8, 4) is 23.1 Å². The standard InChI is InChI=1S/C21H17N3O4S/c22-13-17-19(15-7-3-1-4-8-15)23-21(24-20(17)26)29-14-18(25)28-12-11-27-16-9-5-2-6-10-16/h1-10H,11-12,14H2,(H,23,24,26). The van der Waals surface area contributed by atoms with Crippen LogP contribution < -0.4 is 10.3 Å².